The summed E-state index contributed by atoms with van der Waals surface area (Å²) in [6, 6.07) is 8.01. The summed E-state index contributed by atoms with van der Waals surface area (Å²) >= 11 is 0. The van der Waals surface area contributed by atoms with Gasteiger partial charge in [-0.2, -0.15) is 10.2 Å². The summed E-state index contributed by atoms with van der Waals surface area (Å²) in [6.45, 7) is 14.2. The molecule has 0 bridgehead atoms. The van der Waals surface area contributed by atoms with Crippen LogP contribution in [0.5, 0.6) is 5.75 Å². The van der Waals surface area contributed by atoms with Crippen LogP contribution < -0.4 is 10.1 Å². The highest BCUT2D eigenvalue weighted by Gasteiger charge is 2.23. The third-order valence-corrected chi connectivity index (χ3v) is 5.77. The first kappa shape index (κ1) is 23.3. The molecule has 0 saturated carbocycles. The monoisotopic (exact) mass is 462 g/mol. The van der Waals surface area contributed by atoms with Crippen LogP contribution in [0, 0.1) is 48.5 Å². The van der Waals surface area contributed by atoms with E-state index in [-0.39, 0.29) is 18.2 Å². The average molecular weight is 463 g/mol. The van der Waals surface area contributed by atoms with Crippen LogP contribution in [0.4, 0.5) is 5.69 Å². The Morgan fingerprint density at radius 3 is 2.32 bits per heavy atom. The number of carbonyl (C=O) groups excluding carboxylic acids is 1. The van der Waals surface area contributed by atoms with Crippen molar-refractivity contribution in [1.29, 1.82) is 0 Å². The Balaban J connectivity index is 1.52. The highest BCUT2D eigenvalue weighted by atomic mass is 16.5. The molecule has 0 aliphatic carbocycles. The molecule has 0 unspecified atom stereocenters. The number of ether oxygens (including phenoxy) is 1. The van der Waals surface area contributed by atoms with Crippen molar-refractivity contribution in [3.8, 4) is 5.75 Å². The van der Waals surface area contributed by atoms with Crippen molar-refractivity contribution in [3.05, 3.63) is 75.2 Å². The molecule has 0 aliphatic rings. The van der Waals surface area contributed by atoms with Crippen molar-refractivity contribution in [2.45, 2.75) is 61.7 Å². The van der Waals surface area contributed by atoms with E-state index in [4.69, 9.17) is 9.26 Å². The lowest BCUT2D eigenvalue weighted by Crippen LogP contribution is -2.17. The number of hydrogen-bond acceptors (Lipinski definition) is 6. The number of nitrogens with one attached hydrogen (secondary N) is 1. The van der Waals surface area contributed by atoms with Gasteiger partial charge in [-0.25, -0.2) is 9.36 Å². The Morgan fingerprint density at radius 1 is 0.971 bits per heavy atom. The lowest BCUT2D eigenvalue weighted by Gasteiger charge is -2.10. The molecule has 0 saturated heterocycles. The summed E-state index contributed by atoms with van der Waals surface area (Å²) in [5, 5.41) is 16.1. The van der Waals surface area contributed by atoms with Crippen LogP contribution in [-0.2, 0) is 13.3 Å². The summed E-state index contributed by atoms with van der Waals surface area (Å²) in [5.74, 6) is 0.914. The van der Waals surface area contributed by atoms with E-state index >= 15 is 0 Å². The first-order chi connectivity index (χ1) is 16.1. The molecule has 4 aromatic rings. The van der Waals surface area contributed by atoms with E-state index in [0.29, 0.717) is 29.4 Å². The fraction of sp³-hybridized carbons (Fsp3) is 0.360. The standard InChI is InChI=1S/C25H30N6O3/c1-14-8-15(2)10-21(9-14)33-12-22-20(7)34-29-24(22)25(32)26-23-18(5)28-31(19(23)6)13-30-17(4)11-16(3)27-30/h8-11H,12-13H2,1-7H3,(H,26,32). The third kappa shape index (κ3) is 4.73. The van der Waals surface area contributed by atoms with E-state index in [0.717, 1.165) is 34.0 Å². The summed E-state index contributed by atoms with van der Waals surface area (Å²) in [5.41, 5.74) is 7.21. The number of aromatic nitrogens is 5. The normalized spacial score (nSPS) is 11.1. The van der Waals surface area contributed by atoms with Gasteiger partial charge in [0.2, 0.25) is 0 Å². The first-order valence-electron chi connectivity index (χ1n) is 11.1. The zero-order valence-corrected chi connectivity index (χ0v) is 20.7. The predicted molar refractivity (Wildman–Crippen MR) is 128 cm³/mol. The van der Waals surface area contributed by atoms with Gasteiger partial charge in [0.05, 0.1) is 28.3 Å². The number of aryl methyl sites for hydroxylation is 6. The Kier molecular flexibility index (Phi) is 6.28. The zero-order valence-electron chi connectivity index (χ0n) is 20.7. The number of hydrogen-bond donors (Lipinski definition) is 1. The van der Waals surface area contributed by atoms with E-state index < -0.39 is 0 Å². The van der Waals surface area contributed by atoms with Gasteiger partial charge in [0.1, 0.15) is 24.8 Å². The molecule has 1 amide bonds. The number of anilines is 1. The van der Waals surface area contributed by atoms with Crippen molar-refractivity contribution in [2.24, 2.45) is 0 Å². The molecule has 3 aromatic heterocycles. The van der Waals surface area contributed by atoms with Crippen molar-refractivity contribution >= 4 is 11.6 Å². The molecule has 9 heteroatoms. The number of benzene rings is 1. The molecule has 0 atom stereocenters. The number of carbonyl (C=O) groups is 1. The largest absolute Gasteiger partial charge is 0.489 e. The van der Waals surface area contributed by atoms with Gasteiger partial charge in [0, 0.05) is 5.69 Å². The lowest BCUT2D eigenvalue weighted by molar-refractivity contribution is 0.101. The van der Waals surface area contributed by atoms with Crippen LogP contribution in [0.15, 0.2) is 28.8 Å². The first-order valence-corrected chi connectivity index (χ1v) is 11.1. The van der Waals surface area contributed by atoms with Crippen molar-refractivity contribution in [2.75, 3.05) is 5.32 Å². The molecule has 178 valence electrons. The molecule has 34 heavy (non-hydrogen) atoms. The maximum atomic E-state index is 13.2. The molecule has 0 radical (unpaired) electrons. The Labute approximate surface area is 198 Å². The van der Waals surface area contributed by atoms with Crippen LogP contribution in [0.25, 0.3) is 0 Å². The van der Waals surface area contributed by atoms with Crippen molar-refractivity contribution < 1.29 is 14.1 Å². The van der Waals surface area contributed by atoms with Crippen LogP contribution in [0.3, 0.4) is 0 Å². The minimum absolute atomic E-state index is 0.177. The van der Waals surface area contributed by atoms with E-state index in [1.165, 1.54) is 0 Å². The second kappa shape index (κ2) is 9.17. The summed E-state index contributed by atoms with van der Waals surface area (Å²) in [4.78, 5) is 13.2. The van der Waals surface area contributed by atoms with E-state index in [2.05, 4.69) is 26.7 Å². The summed E-state index contributed by atoms with van der Waals surface area (Å²) in [7, 11) is 0. The Bertz CT molecular complexity index is 1340. The summed E-state index contributed by atoms with van der Waals surface area (Å²) in [6.07, 6.45) is 0. The maximum Gasteiger partial charge on any atom is 0.278 e. The summed E-state index contributed by atoms with van der Waals surface area (Å²) < 4.78 is 15.0. The van der Waals surface area contributed by atoms with E-state index in [9.17, 15) is 4.79 Å². The van der Waals surface area contributed by atoms with Crippen LogP contribution in [0.2, 0.25) is 0 Å². The fourth-order valence-electron chi connectivity index (χ4n) is 4.04. The molecule has 1 aromatic carbocycles. The maximum absolute atomic E-state index is 13.2. The van der Waals surface area contributed by atoms with E-state index in [1.807, 2.05) is 69.1 Å². The highest BCUT2D eigenvalue weighted by Crippen LogP contribution is 2.24. The smallest absolute Gasteiger partial charge is 0.278 e. The predicted octanol–water partition coefficient (Wildman–Crippen LogP) is 4.56. The molecule has 9 nitrogen and oxygen atoms in total. The zero-order chi connectivity index (χ0) is 24.6. The quantitative estimate of drug-likeness (QED) is 0.432. The number of rotatable bonds is 7. The van der Waals surface area contributed by atoms with Crippen LogP contribution >= 0.6 is 0 Å². The number of amides is 1. The van der Waals surface area contributed by atoms with Gasteiger partial charge in [0.15, 0.2) is 5.69 Å². The van der Waals surface area contributed by atoms with E-state index in [1.54, 1.807) is 6.92 Å². The van der Waals surface area contributed by atoms with Gasteiger partial charge in [-0.05, 0) is 77.8 Å². The van der Waals surface area contributed by atoms with Crippen LogP contribution in [0.1, 0.15) is 55.7 Å². The molecule has 4 rings (SSSR count). The Morgan fingerprint density at radius 2 is 1.68 bits per heavy atom. The van der Waals surface area contributed by atoms with Crippen molar-refractivity contribution in [1.82, 2.24) is 24.7 Å². The van der Waals surface area contributed by atoms with Crippen LogP contribution in [-0.4, -0.2) is 30.6 Å². The topological polar surface area (TPSA) is 100 Å². The molecular weight excluding hydrogens is 432 g/mol. The van der Waals surface area contributed by atoms with Gasteiger partial charge in [0.25, 0.3) is 5.91 Å². The molecule has 0 fully saturated rings. The van der Waals surface area contributed by atoms with Gasteiger partial charge in [-0.15, -0.1) is 0 Å². The van der Waals surface area contributed by atoms with Crippen molar-refractivity contribution in [3.63, 3.8) is 0 Å². The van der Waals surface area contributed by atoms with Gasteiger partial charge >= 0.3 is 0 Å². The minimum Gasteiger partial charge on any atom is -0.489 e. The second-order valence-corrected chi connectivity index (χ2v) is 8.75. The average Bonchev–Trinajstić information content (AvgIpc) is 3.36. The number of nitrogens with zero attached hydrogens (tertiary/aromatic N) is 5. The molecule has 0 spiro atoms. The highest BCUT2D eigenvalue weighted by molar-refractivity contribution is 6.04. The molecule has 1 N–H and O–H groups in total. The SMILES string of the molecule is Cc1cc(C)cc(OCc2c(C(=O)Nc3c(C)nn(Cn4nc(C)cc4C)c3C)noc2C)c1. The molecule has 0 aliphatic heterocycles. The minimum atomic E-state index is -0.368. The van der Waals surface area contributed by atoms with Gasteiger partial charge in [-0.3, -0.25) is 4.79 Å². The molecule has 3 heterocycles. The fourth-order valence-corrected chi connectivity index (χ4v) is 4.04. The second-order valence-electron chi connectivity index (χ2n) is 8.75. The van der Waals surface area contributed by atoms with Gasteiger partial charge < -0.3 is 14.6 Å². The van der Waals surface area contributed by atoms with Gasteiger partial charge in [-0.1, -0.05) is 11.2 Å². The Hall–Kier alpha value is -3.88. The third-order valence-electron chi connectivity index (χ3n) is 5.77. The molecular formula is C25H30N6O3. The lowest BCUT2D eigenvalue weighted by atomic mass is 10.1.